The van der Waals surface area contributed by atoms with Gasteiger partial charge in [0.05, 0.1) is 24.5 Å². The van der Waals surface area contributed by atoms with E-state index in [4.69, 9.17) is 4.74 Å². The number of carbonyl (C=O) groups excluding carboxylic acids is 1. The van der Waals surface area contributed by atoms with Gasteiger partial charge in [-0.15, -0.1) is 11.3 Å². The van der Waals surface area contributed by atoms with Crippen LogP contribution in [0.2, 0.25) is 0 Å². The number of amides is 1. The third-order valence-corrected chi connectivity index (χ3v) is 5.06. The Morgan fingerprint density at radius 3 is 3.03 bits per heavy atom. The summed E-state index contributed by atoms with van der Waals surface area (Å²) in [5, 5.41) is 6.78. The Balaban J connectivity index is 0.00000240. The van der Waals surface area contributed by atoms with Gasteiger partial charge >= 0.3 is 6.09 Å². The first-order valence-electron chi connectivity index (χ1n) is 8.54. The molecule has 1 fully saturated rings. The van der Waals surface area contributed by atoms with Crippen molar-refractivity contribution < 1.29 is 51.5 Å². The maximum Gasteiger partial charge on any atom is 0.414 e. The van der Waals surface area contributed by atoms with E-state index in [1.807, 2.05) is 17.6 Å². The van der Waals surface area contributed by atoms with Crippen LogP contribution in [0.1, 0.15) is 5.01 Å². The number of halogens is 1. The van der Waals surface area contributed by atoms with Gasteiger partial charge in [0.1, 0.15) is 16.9 Å². The number of ether oxygens (including phenoxy) is 1. The molecule has 1 aliphatic heterocycles. The second kappa shape index (κ2) is 9.86. The molecule has 0 spiro atoms. The smallest absolute Gasteiger partial charge is 0.414 e. The molecule has 11 heteroatoms. The molecule has 149 valence electrons. The Labute approximate surface area is 195 Å². The monoisotopic (exact) mass is 491 g/mol. The van der Waals surface area contributed by atoms with Crippen molar-refractivity contribution in [1.29, 1.82) is 0 Å². The Morgan fingerprint density at radius 1 is 1.45 bits per heavy atom. The summed E-state index contributed by atoms with van der Waals surface area (Å²) in [5.41, 5.74) is 5.09. The van der Waals surface area contributed by atoms with Gasteiger partial charge in [-0.1, -0.05) is 6.54 Å². The van der Waals surface area contributed by atoms with Crippen LogP contribution in [0.5, 0.6) is 0 Å². The molecular formula is C18H17FN5O3SY-. The number of aromatic nitrogens is 3. The third-order valence-electron chi connectivity index (χ3n) is 4.23. The average Bonchev–Trinajstić information content (AvgIpc) is 3.42. The number of hydrogen-bond donors (Lipinski definition) is 0. The molecule has 1 aromatic carbocycles. The molecule has 0 aliphatic carbocycles. The van der Waals surface area contributed by atoms with Crippen LogP contribution in [0.3, 0.4) is 0 Å². The fraction of sp³-hybridized carbons (Fsp3) is 0.278. The van der Waals surface area contributed by atoms with Crippen LogP contribution in [-0.2, 0) is 48.8 Å². The van der Waals surface area contributed by atoms with Crippen LogP contribution in [0, 0.1) is 5.82 Å². The summed E-state index contributed by atoms with van der Waals surface area (Å²) in [5.74, 6) is -0.453. The molecule has 2 aromatic heterocycles. The van der Waals surface area contributed by atoms with Crippen molar-refractivity contribution >= 4 is 23.1 Å². The number of rotatable bonds is 7. The van der Waals surface area contributed by atoms with Crippen molar-refractivity contribution in [3.05, 3.63) is 58.3 Å². The van der Waals surface area contributed by atoms with E-state index in [1.165, 1.54) is 29.4 Å². The molecule has 3 heterocycles. The second-order valence-electron chi connectivity index (χ2n) is 6.10. The van der Waals surface area contributed by atoms with Gasteiger partial charge in [0, 0.05) is 63.2 Å². The maximum atomic E-state index is 14.7. The molecule has 8 nitrogen and oxygen atoms in total. The van der Waals surface area contributed by atoms with Gasteiger partial charge in [0.25, 0.3) is 0 Å². The molecule has 1 unspecified atom stereocenters. The summed E-state index contributed by atoms with van der Waals surface area (Å²) in [6.45, 7) is 1.05. The quantitative estimate of drug-likeness (QED) is 0.473. The van der Waals surface area contributed by atoms with Crippen LogP contribution < -0.4 is 4.90 Å². The first kappa shape index (κ1) is 22.0. The summed E-state index contributed by atoms with van der Waals surface area (Å²) in [7, 11) is 1.43. The van der Waals surface area contributed by atoms with Gasteiger partial charge in [0.15, 0.2) is 0 Å². The SMILES string of the molecule is CO[N-]CC1CN(c2ccc(-c3csc(Cn4cccn4)n3)c(F)c2)C(=O)O1.[Y]. The predicted octanol–water partition coefficient (Wildman–Crippen LogP) is 3.45. The summed E-state index contributed by atoms with van der Waals surface area (Å²) < 4.78 is 21.7. The first-order chi connectivity index (χ1) is 13.6. The molecule has 0 bridgehead atoms. The topological polar surface area (TPSA) is 83.6 Å². The Hall–Kier alpha value is -1.72. The van der Waals surface area contributed by atoms with Crippen molar-refractivity contribution in [2.75, 3.05) is 25.1 Å². The van der Waals surface area contributed by atoms with Gasteiger partial charge in [-0.25, -0.2) is 14.2 Å². The van der Waals surface area contributed by atoms with Gasteiger partial charge < -0.3 is 15.1 Å². The van der Waals surface area contributed by atoms with E-state index in [2.05, 4.69) is 20.4 Å². The van der Waals surface area contributed by atoms with E-state index in [0.29, 0.717) is 23.5 Å². The minimum atomic E-state index is -0.529. The maximum absolute atomic E-state index is 14.7. The number of anilines is 1. The molecule has 1 aliphatic rings. The van der Waals surface area contributed by atoms with Crippen molar-refractivity contribution in [3.63, 3.8) is 0 Å². The zero-order chi connectivity index (χ0) is 19.5. The standard InChI is InChI=1S/C18H17FN5O3S.Y/c1-26-21-8-13-9-24(18(25)27-13)12-3-4-14(15(19)7-12)16-11-28-17(22-16)10-23-6-2-5-20-23;/h2-7,11,13H,8-10H2,1H3;/q-1;. The van der Waals surface area contributed by atoms with Crippen LogP contribution in [0.4, 0.5) is 14.9 Å². The minimum Gasteiger partial charge on any atom is -0.531 e. The molecular weight excluding hydrogens is 474 g/mol. The summed E-state index contributed by atoms with van der Waals surface area (Å²) in [6, 6.07) is 6.46. The minimum absolute atomic E-state index is 0. The van der Waals surface area contributed by atoms with Gasteiger partial charge in [-0.2, -0.15) is 5.10 Å². The number of nitrogens with zero attached hydrogens (tertiary/aromatic N) is 5. The van der Waals surface area contributed by atoms with E-state index >= 15 is 0 Å². The largest absolute Gasteiger partial charge is 0.531 e. The molecule has 29 heavy (non-hydrogen) atoms. The predicted molar refractivity (Wildman–Crippen MR) is 102 cm³/mol. The molecule has 3 aromatic rings. The molecule has 1 saturated heterocycles. The Bertz CT molecular complexity index is 968. The fourth-order valence-electron chi connectivity index (χ4n) is 2.90. The average molecular weight is 491 g/mol. The molecule has 0 N–H and O–H groups in total. The summed E-state index contributed by atoms with van der Waals surface area (Å²) in [4.78, 5) is 22.6. The van der Waals surface area contributed by atoms with E-state index in [1.54, 1.807) is 23.0 Å². The first-order valence-corrected chi connectivity index (χ1v) is 9.42. The molecule has 0 saturated carbocycles. The molecule has 1 atom stereocenters. The van der Waals surface area contributed by atoms with E-state index in [-0.39, 0.29) is 45.8 Å². The van der Waals surface area contributed by atoms with Crippen LogP contribution in [-0.4, -0.2) is 47.2 Å². The molecule has 1 radical (unpaired) electrons. The number of cyclic esters (lactones) is 1. The number of thiazole rings is 1. The van der Waals surface area contributed by atoms with Crippen molar-refractivity contribution in [1.82, 2.24) is 14.8 Å². The van der Waals surface area contributed by atoms with E-state index in [9.17, 15) is 9.18 Å². The van der Waals surface area contributed by atoms with E-state index in [0.717, 1.165) is 5.01 Å². The molecule has 4 rings (SSSR count). The van der Waals surface area contributed by atoms with Gasteiger partial charge in [-0.05, 0) is 24.3 Å². The van der Waals surface area contributed by atoms with Crippen molar-refractivity contribution in [2.45, 2.75) is 12.6 Å². The van der Waals surface area contributed by atoms with Crippen molar-refractivity contribution in [3.8, 4) is 11.3 Å². The van der Waals surface area contributed by atoms with E-state index < -0.39 is 18.0 Å². The second-order valence-corrected chi connectivity index (χ2v) is 7.05. The number of hydrogen-bond acceptors (Lipinski definition) is 6. The van der Waals surface area contributed by atoms with Crippen molar-refractivity contribution in [2.24, 2.45) is 0 Å². The molecule has 1 amide bonds. The fourth-order valence-corrected chi connectivity index (χ4v) is 3.69. The zero-order valence-corrected chi connectivity index (χ0v) is 19.2. The third kappa shape index (κ3) is 5.07. The Morgan fingerprint density at radius 2 is 2.31 bits per heavy atom. The van der Waals surface area contributed by atoms with Crippen LogP contribution in [0.25, 0.3) is 16.7 Å². The number of benzene rings is 1. The summed E-state index contributed by atoms with van der Waals surface area (Å²) in [6.07, 6.45) is 2.60. The summed E-state index contributed by atoms with van der Waals surface area (Å²) >= 11 is 1.44. The zero-order valence-electron chi connectivity index (χ0n) is 15.6. The van der Waals surface area contributed by atoms with Gasteiger partial charge in [-0.3, -0.25) is 9.58 Å². The number of carbonyl (C=O) groups is 1. The Kier molecular flexibility index (Phi) is 7.47. The van der Waals surface area contributed by atoms with Crippen LogP contribution in [0.15, 0.2) is 42.0 Å². The number of hydroxylamine groups is 1. The van der Waals surface area contributed by atoms with Crippen LogP contribution >= 0.6 is 11.3 Å². The van der Waals surface area contributed by atoms with Gasteiger partial charge in [0.2, 0.25) is 0 Å². The normalized spacial score (nSPS) is 16.0.